The molecule has 0 bridgehead atoms. The third-order valence-corrected chi connectivity index (χ3v) is 4.27. The van der Waals surface area contributed by atoms with E-state index in [1.165, 1.54) is 6.33 Å². The van der Waals surface area contributed by atoms with Gasteiger partial charge in [0, 0.05) is 19.2 Å². The molecule has 1 aliphatic heterocycles. The number of carbonyl (C=O) groups is 1. The van der Waals surface area contributed by atoms with E-state index in [0.29, 0.717) is 28.7 Å². The predicted molar refractivity (Wildman–Crippen MR) is 90.8 cm³/mol. The van der Waals surface area contributed by atoms with Gasteiger partial charge in [-0.1, -0.05) is 19.1 Å². The summed E-state index contributed by atoms with van der Waals surface area (Å²) in [5.41, 5.74) is 1.55. The molecule has 2 aromatic rings. The third kappa shape index (κ3) is 3.51. The number of carbonyl (C=O) groups excluding carboxylic acids is 1. The van der Waals surface area contributed by atoms with Crippen LogP contribution in [0.25, 0.3) is 0 Å². The van der Waals surface area contributed by atoms with Crippen molar-refractivity contribution in [1.82, 2.24) is 14.9 Å². The van der Waals surface area contributed by atoms with Gasteiger partial charge in [0.2, 0.25) is 0 Å². The van der Waals surface area contributed by atoms with Gasteiger partial charge in [-0.15, -0.1) is 0 Å². The molecular weight excluding hydrogens is 302 g/mol. The molecule has 0 aliphatic carbocycles. The highest BCUT2D eigenvalue weighted by Crippen LogP contribution is 2.21. The first-order valence-corrected chi connectivity index (χ1v) is 8.05. The lowest BCUT2D eigenvalue weighted by atomic mass is 9.99. The molecule has 1 aromatic carbocycles. The molecule has 1 fully saturated rings. The van der Waals surface area contributed by atoms with Gasteiger partial charge in [-0.2, -0.15) is 5.26 Å². The molecular formula is C18H19N5O. The van der Waals surface area contributed by atoms with Crippen molar-refractivity contribution in [3.63, 3.8) is 0 Å². The van der Waals surface area contributed by atoms with Crippen molar-refractivity contribution in [1.29, 1.82) is 5.26 Å². The average Bonchev–Trinajstić information content (AvgIpc) is 2.62. The smallest absolute Gasteiger partial charge is 0.272 e. The lowest BCUT2D eigenvalue weighted by Crippen LogP contribution is -2.38. The van der Waals surface area contributed by atoms with E-state index >= 15 is 0 Å². The van der Waals surface area contributed by atoms with E-state index in [-0.39, 0.29) is 5.91 Å². The first kappa shape index (κ1) is 15.9. The zero-order valence-corrected chi connectivity index (χ0v) is 13.6. The van der Waals surface area contributed by atoms with Gasteiger partial charge in [0.05, 0.1) is 11.3 Å². The van der Waals surface area contributed by atoms with Gasteiger partial charge in [0.15, 0.2) is 0 Å². The van der Waals surface area contributed by atoms with Gasteiger partial charge in [0.1, 0.15) is 23.9 Å². The minimum Gasteiger partial charge on any atom is -0.339 e. The molecule has 122 valence electrons. The first-order chi connectivity index (χ1) is 11.7. The highest BCUT2D eigenvalue weighted by molar-refractivity contribution is 5.93. The van der Waals surface area contributed by atoms with Gasteiger partial charge in [0.25, 0.3) is 5.91 Å². The maximum absolute atomic E-state index is 12.6. The Morgan fingerprint density at radius 1 is 1.29 bits per heavy atom. The van der Waals surface area contributed by atoms with Crippen LogP contribution in [0.5, 0.6) is 0 Å². The first-order valence-electron chi connectivity index (χ1n) is 8.05. The largest absolute Gasteiger partial charge is 0.339 e. The number of nitrogens with one attached hydrogen (secondary N) is 1. The second-order valence-electron chi connectivity index (χ2n) is 6.05. The summed E-state index contributed by atoms with van der Waals surface area (Å²) in [4.78, 5) is 22.7. The molecule has 1 aromatic heterocycles. The fourth-order valence-corrected chi connectivity index (χ4v) is 2.74. The van der Waals surface area contributed by atoms with Gasteiger partial charge < -0.3 is 10.2 Å². The van der Waals surface area contributed by atoms with Crippen molar-refractivity contribution in [2.75, 3.05) is 18.4 Å². The van der Waals surface area contributed by atoms with Crippen molar-refractivity contribution >= 4 is 17.4 Å². The number of piperidine rings is 1. The molecule has 24 heavy (non-hydrogen) atoms. The summed E-state index contributed by atoms with van der Waals surface area (Å²) in [5, 5.41) is 12.2. The Kier molecular flexibility index (Phi) is 4.71. The Balaban J connectivity index is 1.77. The fourth-order valence-electron chi connectivity index (χ4n) is 2.74. The van der Waals surface area contributed by atoms with Crippen LogP contribution in [0.1, 0.15) is 35.8 Å². The zero-order chi connectivity index (χ0) is 16.9. The average molecular weight is 321 g/mol. The number of amides is 1. The summed E-state index contributed by atoms with van der Waals surface area (Å²) in [7, 11) is 0. The molecule has 6 heteroatoms. The monoisotopic (exact) mass is 321 g/mol. The lowest BCUT2D eigenvalue weighted by molar-refractivity contribution is 0.0691. The normalized spacial score (nSPS) is 14.9. The number of aromatic nitrogens is 2. The summed E-state index contributed by atoms with van der Waals surface area (Å²) in [5.74, 6) is 1.10. The van der Waals surface area contributed by atoms with Crippen LogP contribution in [0.15, 0.2) is 36.7 Å². The summed E-state index contributed by atoms with van der Waals surface area (Å²) in [6.45, 7) is 3.75. The van der Waals surface area contributed by atoms with Crippen molar-refractivity contribution < 1.29 is 4.79 Å². The summed E-state index contributed by atoms with van der Waals surface area (Å²) in [6.07, 6.45) is 3.42. The van der Waals surface area contributed by atoms with Crippen molar-refractivity contribution in [3.8, 4) is 6.07 Å². The van der Waals surface area contributed by atoms with Crippen LogP contribution in [0.2, 0.25) is 0 Å². The number of rotatable bonds is 3. The Morgan fingerprint density at radius 3 is 2.79 bits per heavy atom. The minimum absolute atomic E-state index is 0.0686. The maximum Gasteiger partial charge on any atom is 0.272 e. The Hall–Kier alpha value is -2.94. The van der Waals surface area contributed by atoms with Crippen LogP contribution in [0.3, 0.4) is 0 Å². The fraction of sp³-hybridized carbons (Fsp3) is 0.333. The predicted octanol–water partition coefficient (Wildman–Crippen LogP) is 2.96. The standard InChI is InChI=1S/C18H19N5O/c1-13-6-8-23(9-7-13)18(24)16-10-17(21-12-20-16)22-15-5-3-2-4-14(15)11-19/h2-5,10,12-13H,6-9H2,1H3,(H,20,21,22). The molecule has 0 spiro atoms. The quantitative estimate of drug-likeness (QED) is 0.940. The summed E-state index contributed by atoms with van der Waals surface area (Å²) >= 11 is 0. The van der Waals surface area contributed by atoms with Crippen molar-refractivity contribution in [3.05, 3.63) is 47.9 Å². The van der Waals surface area contributed by atoms with Crippen LogP contribution in [-0.2, 0) is 0 Å². The van der Waals surface area contributed by atoms with Gasteiger partial charge in [-0.3, -0.25) is 4.79 Å². The number of hydrogen-bond donors (Lipinski definition) is 1. The molecule has 1 aliphatic rings. The van der Waals surface area contributed by atoms with Crippen LogP contribution in [-0.4, -0.2) is 33.9 Å². The van der Waals surface area contributed by atoms with Crippen LogP contribution >= 0.6 is 0 Å². The highest BCUT2D eigenvalue weighted by Gasteiger charge is 2.22. The molecule has 1 saturated heterocycles. The number of nitriles is 1. The van der Waals surface area contributed by atoms with E-state index in [1.807, 2.05) is 11.0 Å². The minimum atomic E-state index is -0.0686. The van der Waals surface area contributed by atoms with Crippen LogP contribution in [0, 0.1) is 17.2 Å². The van der Waals surface area contributed by atoms with Crippen LogP contribution < -0.4 is 5.32 Å². The summed E-state index contributed by atoms with van der Waals surface area (Å²) < 4.78 is 0. The number of nitrogens with zero attached hydrogens (tertiary/aromatic N) is 4. The Labute approximate surface area is 141 Å². The SMILES string of the molecule is CC1CCN(C(=O)c2cc(Nc3ccccc3C#N)ncn2)CC1. The second-order valence-corrected chi connectivity index (χ2v) is 6.05. The number of likely N-dealkylation sites (tertiary alicyclic amines) is 1. The van der Waals surface area contributed by atoms with Crippen LogP contribution in [0.4, 0.5) is 11.5 Å². The van der Waals surface area contributed by atoms with E-state index in [0.717, 1.165) is 25.9 Å². The Morgan fingerprint density at radius 2 is 2.04 bits per heavy atom. The lowest BCUT2D eigenvalue weighted by Gasteiger charge is -2.30. The van der Waals surface area contributed by atoms with E-state index in [9.17, 15) is 4.79 Å². The molecule has 0 unspecified atom stereocenters. The van der Waals surface area contributed by atoms with Gasteiger partial charge in [-0.05, 0) is 30.9 Å². The molecule has 0 saturated carbocycles. The number of para-hydroxylation sites is 1. The molecule has 1 N–H and O–H groups in total. The van der Waals surface area contributed by atoms with Gasteiger partial charge in [-0.25, -0.2) is 9.97 Å². The van der Waals surface area contributed by atoms with Crippen molar-refractivity contribution in [2.24, 2.45) is 5.92 Å². The maximum atomic E-state index is 12.6. The van der Waals surface area contributed by atoms with Gasteiger partial charge >= 0.3 is 0 Å². The van der Waals surface area contributed by atoms with E-state index in [1.54, 1.807) is 24.3 Å². The highest BCUT2D eigenvalue weighted by atomic mass is 16.2. The summed E-state index contributed by atoms with van der Waals surface area (Å²) in [6, 6.07) is 10.9. The molecule has 6 nitrogen and oxygen atoms in total. The number of benzene rings is 1. The van der Waals surface area contributed by atoms with E-state index in [2.05, 4.69) is 28.3 Å². The Bertz CT molecular complexity index is 775. The molecule has 2 heterocycles. The number of anilines is 2. The van der Waals surface area contributed by atoms with E-state index in [4.69, 9.17) is 5.26 Å². The molecule has 3 rings (SSSR count). The van der Waals surface area contributed by atoms with E-state index < -0.39 is 0 Å². The number of hydrogen-bond acceptors (Lipinski definition) is 5. The molecule has 0 radical (unpaired) electrons. The topological polar surface area (TPSA) is 81.9 Å². The third-order valence-electron chi connectivity index (χ3n) is 4.27. The van der Waals surface area contributed by atoms with Crippen molar-refractivity contribution in [2.45, 2.75) is 19.8 Å². The zero-order valence-electron chi connectivity index (χ0n) is 13.6. The second kappa shape index (κ2) is 7.09. The molecule has 1 amide bonds. The molecule has 0 atom stereocenters.